The van der Waals surface area contributed by atoms with Gasteiger partial charge in [-0.2, -0.15) is 5.10 Å². The molecule has 0 unspecified atom stereocenters. The molecule has 0 aliphatic carbocycles. The number of thioether (sulfide) groups is 1. The molecule has 1 amide bonds. The molecule has 29 heavy (non-hydrogen) atoms. The molecule has 0 fully saturated rings. The molecule has 0 atom stereocenters. The average molecular weight is 416 g/mol. The quantitative estimate of drug-likeness (QED) is 0.153. The van der Waals surface area contributed by atoms with Gasteiger partial charge in [-0.15, -0.1) is 10.2 Å². The number of hydrazone groups is 1. The highest BCUT2D eigenvalue weighted by Gasteiger charge is 2.12. The summed E-state index contributed by atoms with van der Waals surface area (Å²) in [5, 5.41) is 25.5. The van der Waals surface area contributed by atoms with Gasteiger partial charge < -0.3 is 15.6 Å². The molecule has 12 nitrogen and oxygen atoms in total. The Labute approximate surface area is 168 Å². The van der Waals surface area contributed by atoms with Crippen LogP contribution in [0, 0.1) is 10.1 Å². The van der Waals surface area contributed by atoms with Gasteiger partial charge in [0, 0.05) is 17.7 Å². The van der Waals surface area contributed by atoms with E-state index in [4.69, 9.17) is 10.3 Å². The molecule has 1 aromatic carbocycles. The molecule has 3 rings (SSSR count). The lowest BCUT2D eigenvalue weighted by molar-refractivity contribution is -0.384. The van der Waals surface area contributed by atoms with E-state index in [0.29, 0.717) is 23.0 Å². The van der Waals surface area contributed by atoms with Gasteiger partial charge in [-0.05, 0) is 12.1 Å². The third kappa shape index (κ3) is 5.55. The van der Waals surface area contributed by atoms with Crippen LogP contribution in [0.2, 0.25) is 0 Å². The van der Waals surface area contributed by atoms with E-state index in [2.05, 4.69) is 26.0 Å². The fourth-order valence-corrected chi connectivity index (χ4v) is 2.80. The number of carbonyl (C=O) groups is 1. The van der Waals surface area contributed by atoms with Crippen molar-refractivity contribution in [3.05, 3.63) is 64.1 Å². The molecule has 150 valence electrons. The third-order valence-corrected chi connectivity index (χ3v) is 4.44. The van der Waals surface area contributed by atoms with E-state index in [9.17, 15) is 14.9 Å². The van der Waals surface area contributed by atoms with Gasteiger partial charge in [0.2, 0.25) is 11.1 Å². The number of aromatic nitrogens is 3. The second-order valence-electron chi connectivity index (χ2n) is 5.54. The van der Waals surface area contributed by atoms with E-state index in [0.717, 1.165) is 16.4 Å². The minimum Gasteiger partial charge on any atom is -0.467 e. The molecule has 0 aliphatic heterocycles. The number of carbonyl (C=O) groups excluding carboxylic acids is 1. The highest BCUT2D eigenvalue weighted by molar-refractivity contribution is 7.99. The van der Waals surface area contributed by atoms with Crippen LogP contribution in [-0.2, 0) is 11.3 Å². The Balaban J connectivity index is 1.50. The molecule has 4 N–H and O–H groups in total. The van der Waals surface area contributed by atoms with Crippen LogP contribution in [0.25, 0.3) is 0 Å². The second-order valence-corrected chi connectivity index (χ2v) is 6.49. The predicted octanol–water partition coefficient (Wildman–Crippen LogP) is 1.35. The van der Waals surface area contributed by atoms with Gasteiger partial charge >= 0.3 is 0 Å². The number of hydrogen-bond donors (Lipinski definition) is 3. The van der Waals surface area contributed by atoms with Crippen LogP contribution in [0.1, 0.15) is 11.3 Å². The zero-order valence-electron chi connectivity index (χ0n) is 14.9. The summed E-state index contributed by atoms with van der Waals surface area (Å²) in [5.41, 5.74) is 3.08. The Bertz CT molecular complexity index is 1020. The van der Waals surface area contributed by atoms with Crippen LogP contribution in [0.15, 0.2) is 57.3 Å². The summed E-state index contributed by atoms with van der Waals surface area (Å²) in [5.74, 6) is 6.55. The maximum atomic E-state index is 11.9. The van der Waals surface area contributed by atoms with E-state index >= 15 is 0 Å². The van der Waals surface area contributed by atoms with Crippen molar-refractivity contribution >= 4 is 35.5 Å². The first kappa shape index (κ1) is 19.9. The summed E-state index contributed by atoms with van der Waals surface area (Å²) in [6.07, 6.45) is 2.92. The second kappa shape index (κ2) is 9.36. The van der Waals surface area contributed by atoms with Crippen LogP contribution in [0.3, 0.4) is 0 Å². The molecular weight excluding hydrogens is 400 g/mol. The number of nitrogens with one attached hydrogen (secondary N) is 2. The topological polar surface area (TPSA) is 166 Å². The van der Waals surface area contributed by atoms with E-state index < -0.39 is 4.92 Å². The number of anilines is 1. The fourth-order valence-electron chi connectivity index (χ4n) is 2.11. The zero-order chi connectivity index (χ0) is 20.6. The van der Waals surface area contributed by atoms with Gasteiger partial charge in [-0.1, -0.05) is 23.9 Å². The van der Waals surface area contributed by atoms with Crippen molar-refractivity contribution in [2.45, 2.75) is 11.7 Å². The van der Waals surface area contributed by atoms with Crippen molar-refractivity contribution in [3.8, 4) is 0 Å². The lowest BCUT2D eigenvalue weighted by atomic mass is 10.2. The smallest absolute Gasteiger partial charge is 0.270 e. The summed E-state index contributed by atoms with van der Waals surface area (Å²) in [6.45, 7) is 0.293. The van der Waals surface area contributed by atoms with Gasteiger partial charge in [0.1, 0.15) is 5.76 Å². The molecule has 2 aromatic heterocycles. The van der Waals surface area contributed by atoms with Crippen LogP contribution in [0.5, 0.6) is 0 Å². The predicted molar refractivity (Wildman–Crippen MR) is 106 cm³/mol. The highest BCUT2D eigenvalue weighted by atomic mass is 32.2. The fraction of sp³-hybridized carbons (Fsp3) is 0.125. The van der Waals surface area contributed by atoms with Crippen molar-refractivity contribution < 1.29 is 14.1 Å². The van der Waals surface area contributed by atoms with E-state index in [-0.39, 0.29) is 23.3 Å². The minimum absolute atomic E-state index is 0.0417. The average Bonchev–Trinajstić information content (AvgIpc) is 3.35. The summed E-state index contributed by atoms with van der Waals surface area (Å²) in [6, 6.07) is 9.47. The van der Waals surface area contributed by atoms with Gasteiger partial charge in [0.05, 0.1) is 29.7 Å². The Morgan fingerprint density at radius 2 is 2.24 bits per heavy atom. The van der Waals surface area contributed by atoms with Gasteiger partial charge in [-0.3, -0.25) is 14.9 Å². The molecule has 2 heterocycles. The number of nitro benzene ring substituents is 1. The monoisotopic (exact) mass is 416 g/mol. The van der Waals surface area contributed by atoms with Crippen molar-refractivity contribution in [1.29, 1.82) is 0 Å². The summed E-state index contributed by atoms with van der Waals surface area (Å²) >= 11 is 1.10. The van der Waals surface area contributed by atoms with Gasteiger partial charge in [-0.25, -0.2) is 10.1 Å². The van der Waals surface area contributed by atoms with Crippen LogP contribution >= 0.6 is 11.8 Å². The van der Waals surface area contributed by atoms with Crippen LogP contribution < -0.4 is 16.6 Å². The maximum Gasteiger partial charge on any atom is 0.270 e. The molecule has 0 saturated carbocycles. The number of benzene rings is 1. The Hall–Kier alpha value is -3.87. The normalized spacial score (nSPS) is 10.9. The molecule has 0 radical (unpaired) electrons. The Morgan fingerprint density at radius 1 is 1.38 bits per heavy atom. The number of nitrogen functional groups attached to an aromatic ring is 1. The van der Waals surface area contributed by atoms with Crippen molar-refractivity contribution in [2.75, 3.05) is 17.0 Å². The van der Waals surface area contributed by atoms with Crippen LogP contribution in [-0.4, -0.2) is 37.7 Å². The number of rotatable bonds is 9. The van der Waals surface area contributed by atoms with Gasteiger partial charge in [0.25, 0.3) is 11.6 Å². The number of nitro groups is 1. The number of hydrogen-bond acceptors (Lipinski definition) is 10. The standard InChI is InChI=1S/C16H16N8O4S/c17-23-15(20-19-8-11-3-1-4-12(7-11)24(26)27)21-22-16(23)29-10-14(25)18-9-13-5-2-6-28-13/h1-8H,9-10,17H2,(H,18,25)(H,20,21)/b19-8+. The Morgan fingerprint density at radius 3 is 3.00 bits per heavy atom. The SMILES string of the molecule is Nn1c(N/N=C/c2cccc([N+](=O)[O-])c2)nnc1SCC(=O)NCc1ccco1. The first-order valence-electron chi connectivity index (χ1n) is 8.19. The van der Waals surface area contributed by atoms with Crippen molar-refractivity contribution in [3.63, 3.8) is 0 Å². The lowest BCUT2D eigenvalue weighted by Crippen LogP contribution is -2.24. The number of nitrogens with zero attached hydrogens (tertiary/aromatic N) is 5. The number of furan rings is 1. The van der Waals surface area contributed by atoms with E-state index in [1.807, 2.05) is 0 Å². The number of non-ortho nitro benzene ring substituents is 1. The summed E-state index contributed by atoms with van der Waals surface area (Å²) in [7, 11) is 0. The Kier molecular flexibility index (Phi) is 6.42. The molecular formula is C16H16N8O4S. The molecule has 0 spiro atoms. The first-order chi connectivity index (χ1) is 14.0. The third-order valence-electron chi connectivity index (χ3n) is 3.50. The van der Waals surface area contributed by atoms with Crippen molar-refractivity contribution in [2.24, 2.45) is 5.10 Å². The summed E-state index contributed by atoms with van der Waals surface area (Å²) < 4.78 is 6.28. The van der Waals surface area contributed by atoms with Gasteiger partial charge in [0.15, 0.2) is 0 Å². The van der Waals surface area contributed by atoms with E-state index in [1.54, 1.807) is 24.3 Å². The summed E-state index contributed by atoms with van der Waals surface area (Å²) in [4.78, 5) is 22.2. The molecule has 13 heteroatoms. The van der Waals surface area contributed by atoms with Crippen molar-refractivity contribution in [1.82, 2.24) is 20.2 Å². The largest absolute Gasteiger partial charge is 0.467 e. The molecule has 0 bridgehead atoms. The number of nitrogens with two attached hydrogens (primary N) is 1. The molecule has 3 aromatic rings. The number of amides is 1. The molecule has 0 saturated heterocycles. The highest BCUT2D eigenvalue weighted by Crippen LogP contribution is 2.16. The van der Waals surface area contributed by atoms with Crippen LogP contribution in [0.4, 0.5) is 11.6 Å². The lowest BCUT2D eigenvalue weighted by Gasteiger charge is -2.04. The van der Waals surface area contributed by atoms with E-state index in [1.165, 1.54) is 24.6 Å². The molecule has 0 aliphatic rings. The zero-order valence-corrected chi connectivity index (χ0v) is 15.7. The maximum absolute atomic E-state index is 11.9. The first-order valence-corrected chi connectivity index (χ1v) is 9.17. The minimum atomic E-state index is -0.491.